The quantitative estimate of drug-likeness (QED) is 0.458. The van der Waals surface area contributed by atoms with E-state index in [9.17, 15) is 13.2 Å². The molecule has 0 aromatic heterocycles. The average Bonchev–Trinajstić information content (AvgIpc) is 2.75. The van der Waals surface area contributed by atoms with E-state index in [1.165, 1.54) is 18.2 Å². The van der Waals surface area contributed by atoms with Crippen LogP contribution in [0, 0.1) is 20.8 Å². The maximum absolute atomic E-state index is 12.9. The van der Waals surface area contributed by atoms with Gasteiger partial charge in [0.05, 0.1) is 17.3 Å². The van der Waals surface area contributed by atoms with Gasteiger partial charge in [-0.3, -0.25) is 9.52 Å². The molecule has 0 heterocycles. The number of anilines is 1. The van der Waals surface area contributed by atoms with Gasteiger partial charge in [-0.2, -0.15) is 0 Å². The first-order chi connectivity index (χ1) is 15.2. The molecule has 0 saturated carbocycles. The largest absolute Gasteiger partial charge is 0.491 e. The number of rotatable bonds is 8. The Hall–Kier alpha value is -3.03. The molecule has 6 nitrogen and oxygen atoms in total. The molecule has 3 aromatic carbocycles. The monoisotopic (exact) mass is 472 g/mol. The fourth-order valence-corrected chi connectivity index (χ4v) is 4.70. The fraction of sp³-hybridized carbons (Fsp3) is 0.208. The molecule has 0 atom stereocenters. The van der Waals surface area contributed by atoms with Gasteiger partial charge >= 0.3 is 0 Å². The van der Waals surface area contributed by atoms with Crippen molar-refractivity contribution in [1.29, 1.82) is 0 Å². The number of sulfonamides is 1. The zero-order chi connectivity index (χ0) is 23.3. The minimum absolute atomic E-state index is 0.0286. The summed E-state index contributed by atoms with van der Waals surface area (Å²) in [7, 11) is -3.98. The van der Waals surface area contributed by atoms with Crippen molar-refractivity contribution in [3.05, 3.63) is 87.9 Å². The molecule has 32 heavy (non-hydrogen) atoms. The minimum Gasteiger partial charge on any atom is -0.491 e. The molecular formula is C24H25ClN2O4S. The van der Waals surface area contributed by atoms with Gasteiger partial charge in [0, 0.05) is 5.56 Å². The third-order valence-electron chi connectivity index (χ3n) is 5.07. The number of aryl methyl sites for hydroxylation is 2. The summed E-state index contributed by atoms with van der Waals surface area (Å²) in [5.41, 5.74) is 3.58. The Bertz CT molecular complexity index is 1240. The summed E-state index contributed by atoms with van der Waals surface area (Å²) >= 11 is 6.14. The van der Waals surface area contributed by atoms with E-state index >= 15 is 0 Å². The van der Waals surface area contributed by atoms with E-state index in [2.05, 4.69) is 10.0 Å². The predicted octanol–water partition coefficient (Wildman–Crippen LogP) is 4.87. The van der Waals surface area contributed by atoms with Gasteiger partial charge in [-0.1, -0.05) is 41.9 Å². The molecule has 168 valence electrons. The van der Waals surface area contributed by atoms with Crippen molar-refractivity contribution in [2.45, 2.75) is 25.7 Å². The average molecular weight is 473 g/mol. The van der Waals surface area contributed by atoms with Crippen LogP contribution < -0.4 is 14.8 Å². The fourth-order valence-electron chi connectivity index (χ4n) is 3.05. The number of halogens is 1. The van der Waals surface area contributed by atoms with Gasteiger partial charge in [-0.05, 0) is 67.8 Å². The topological polar surface area (TPSA) is 84.5 Å². The highest BCUT2D eigenvalue weighted by Crippen LogP contribution is 2.26. The van der Waals surface area contributed by atoms with Gasteiger partial charge < -0.3 is 10.1 Å². The van der Waals surface area contributed by atoms with Crippen molar-refractivity contribution in [2.24, 2.45) is 0 Å². The van der Waals surface area contributed by atoms with Crippen molar-refractivity contribution in [1.82, 2.24) is 5.32 Å². The van der Waals surface area contributed by atoms with Crippen molar-refractivity contribution in [3.63, 3.8) is 0 Å². The standard InChI is InChI=1S/C24H25ClN2O4S/c1-16-8-6-10-22(18(16)3)31-14-13-26-24(28)19-11-12-20(25)23(15-19)32(29,30)27-21-9-5-4-7-17(21)2/h4-12,15,27H,13-14H2,1-3H3,(H,26,28). The van der Waals surface area contributed by atoms with E-state index < -0.39 is 15.9 Å². The number of nitrogens with one attached hydrogen (secondary N) is 2. The molecule has 0 aliphatic rings. The van der Waals surface area contributed by atoms with Crippen LogP contribution in [0.4, 0.5) is 5.69 Å². The maximum Gasteiger partial charge on any atom is 0.263 e. The normalized spacial score (nSPS) is 11.1. The summed E-state index contributed by atoms with van der Waals surface area (Å²) in [5.74, 6) is 0.347. The maximum atomic E-state index is 12.9. The van der Waals surface area contributed by atoms with Crippen molar-refractivity contribution >= 4 is 33.2 Å². The molecule has 3 aromatic rings. The van der Waals surface area contributed by atoms with Crippen molar-refractivity contribution < 1.29 is 17.9 Å². The molecule has 0 spiro atoms. The molecule has 8 heteroatoms. The molecule has 1 amide bonds. The van der Waals surface area contributed by atoms with Gasteiger partial charge in [0.25, 0.3) is 15.9 Å². The molecular weight excluding hydrogens is 448 g/mol. The van der Waals surface area contributed by atoms with Gasteiger partial charge in [-0.25, -0.2) is 8.42 Å². The van der Waals surface area contributed by atoms with Gasteiger partial charge in [0.15, 0.2) is 0 Å². The first kappa shape index (κ1) is 23.6. The molecule has 0 aliphatic carbocycles. The third-order valence-corrected chi connectivity index (χ3v) is 6.92. The number of amides is 1. The van der Waals surface area contributed by atoms with Crippen LogP contribution in [-0.4, -0.2) is 27.5 Å². The number of carbonyl (C=O) groups excluding carboxylic acids is 1. The molecule has 0 radical (unpaired) electrons. The van der Waals surface area contributed by atoms with Gasteiger partial charge in [0.2, 0.25) is 0 Å². The van der Waals surface area contributed by atoms with Crippen LogP contribution in [0.1, 0.15) is 27.0 Å². The summed E-state index contributed by atoms with van der Waals surface area (Å²) in [6.45, 7) is 6.32. The lowest BCUT2D eigenvalue weighted by Gasteiger charge is -2.13. The Labute approximate surface area is 193 Å². The van der Waals surface area contributed by atoms with Crippen LogP contribution in [0.5, 0.6) is 5.75 Å². The molecule has 2 N–H and O–H groups in total. The lowest BCUT2D eigenvalue weighted by atomic mass is 10.1. The summed E-state index contributed by atoms with van der Waals surface area (Å²) in [6, 6.07) is 16.9. The van der Waals surface area contributed by atoms with Crippen LogP contribution in [0.3, 0.4) is 0 Å². The lowest BCUT2D eigenvalue weighted by Crippen LogP contribution is -2.28. The third kappa shape index (κ3) is 5.60. The van der Waals surface area contributed by atoms with E-state index in [4.69, 9.17) is 16.3 Å². The Morgan fingerprint density at radius 1 is 0.969 bits per heavy atom. The number of hydrogen-bond donors (Lipinski definition) is 2. The number of hydrogen-bond acceptors (Lipinski definition) is 4. The van der Waals surface area contributed by atoms with E-state index in [1.807, 2.05) is 38.1 Å². The highest BCUT2D eigenvalue weighted by molar-refractivity contribution is 7.92. The Kier molecular flexibility index (Phi) is 7.43. The Balaban J connectivity index is 1.67. The Morgan fingerprint density at radius 2 is 1.69 bits per heavy atom. The second-order valence-electron chi connectivity index (χ2n) is 7.37. The number of ether oxygens (including phenoxy) is 1. The minimum atomic E-state index is -3.98. The van der Waals surface area contributed by atoms with Gasteiger partial charge in [0.1, 0.15) is 17.3 Å². The molecule has 0 aliphatic heterocycles. The zero-order valence-electron chi connectivity index (χ0n) is 18.1. The van der Waals surface area contributed by atoms with Gasteiger partial charge in [-0.15, -0.1) is 0 Å². The SMILES string of the molecule is Cc1ccccc1NS(=O)(=O)c1cc(C(=O)NCCOc2cccc(C)c2C)ccc1Cl. The van der Waals surface area contributed by atoms with Crippen molar-refractivity contribution in [3.8, 4) is 5.75 Å². The lowest BCUT2D eigenvalue weighted by molar-refractivity contribution is 0.0946. The zero-order valence-corrected chi connectivity index (χ0v) is 19.7. The molecule has 0 bridgehead atoms. The summed E-state index contributed by atoms with van der Waals surface area (Å²) < 4.78 is 34.0. The van der Waals surface area contributed by atoms with Crippen LogP contribution >= 0.6 is 11.6 Å². The molecule has 0 unspecified atom stereocenters. The van der Waals surface area contributed by atoms with E-state index in [-0.39, 0.29) is 28.6 Å². The summed E-state index contributed by atoms with van der Waals surface area (Å²) in [6.07, 6.45) is 0. The highest BCUT2D eigenvalue weighted by Gasteiger charge is 2.21. The van der Waals surface area contributed by atoms with Crippen LogP contribution in [0.25, 0.3) is 0 Å². The summed E-state index contributed by atoms with van der Waals surface area (Å²) in [4.78, 5) is 12.4. The van der Waals surface area contributed by atoms with E-state index in [0.29, 0.717) is 5.69 Å². The second-order valence-corrected chi connectivity index (χ2v) is 9.43. The number of para-hydroxylation sites is 1. The molecule has 0 saturated heterocycles. The summed E-state index contributed by atoms with van der Waals surface area (Å²) in [5, 5.41) is 2.77. The van der Waals surface area contributed by atoms with E-state index in [0.717, 1.165) is 22.4 Å². The van der Waals surface area contributed by atoms with E-state index in [1.54, 1.807) is 25.1 Å². The number of benzene rings is 3. The first-order valence-corrected chi connectivity index (χ1v) is 11.9. The Morgan fingerprint density at radius 3 is 2.44 bits per heavy atom. The first-order valence-electron chi connectivity index (χ1n) is 10.0. The van der Waals surface area contributed by atoms with Crippen LogP contribution in [-0.2, 0) is 10.0 Å². The van der Waals surface area contributed by atoms with Crippen LogP contribution in [0.15, 0.2) is 65.6 Å². The molecule has 3 rings (SSSR count). The smallest absolute Gasteiger partial charge is 0.263 e. The number of carbonyl (C=O) groups is 1. The predicted molar refractivity (Wildman–Crippen MR) is 127 cm³/mol. The second kappa shape index (κ2) is 10.1. The highest BCUT2D eigenvalue weighted by atomic mass is 35.5. The van der Waals surface area contributed by atoms with Crippen molar-refractivity contribution in [2.75, 3.05) is 17.9 Å². The molecule has 0 fully saturated rings. The van der Waals surface area contributed by atoms with Crippen LogP contribution in [0.2, 0.25) is 5.02 Å².